The van der Waals surface area contributed by atoms with Crippen molar-refractivity contribution < 1.29 is 17.9 Å². The smallest absolute Gasteiger partial charge is 0.397 e. The molecule has 1 aromatic rings. The first-order valence-electron chi connectivity index (χ1n) is 3.74. The molecule has 0 spiro atoms. The van der Waals surface area contributed by atoms with E-state index in [9.17, 15) is 13.2 Å². The van der Waals surface area contributed by atoms with E-state index in [-0.39, 0.29) is 22.4 Å². The number of anilines is 1. The van der Waals surface area contributed by atoms with Gasteiger partial charge >= 0.3 is 6.36 Å². The van der Waals surface area contributed by atoms with Crippen LogP contribution < -0.4 is 16.2 Å². The Hall–Kier alpha value is -1.02. The summed E-state index contributed by atoms with van der Waals surface area (Å²) in [7, 11) is 0. The topological polar surface area (TPSA) is 74.2 Å². The quantitative estimate of drug-likeness (QED) is 0.813. The van der Waals surface area contributed by atoms with Gasteiger partial charge in [-0.2, -0.15) is 0 Å². The van der Waals surface area contributed by atoms with Crippen molar-refractivity contribution in [2.75, 3.05) is 5.73 Å². The maximum absolute atomic E-state index is 11.9. The molecule has 4 N–H and O–H groups in total. The third-order valence-corrected chi connectivity index (χ3v) is 2.11. The van der Waals surface area contributed by atoms with Gasteiger partial charge in [0.1, 0.15) is 4.60 Å². The van der Waals surface area contributed by atoms with Gasteiger partial charge in [0.25, 0.3) is 0 Å². The predicted molar refractivity (Wildman–Crippen MR) is 50.9 cm³/mol. The Bertz CT molecular complexity index is 369. The highest BCUT2D eigenvalue weighted by molar-refractivity contribution is 9.10. The van der Waals surface area contributed by atoms with Crippen molar-refractivity contribution in [1.82, 2.24) is 4.98 Å². The zero-order valence-electron chi connectivity index (χ0n) is 7.31. The first-order valence-corrected chi connectivity index (χ1v) is 4.53. The van der Waals surface area contributed by atoms with Gasteiger partial charge in [0.05, 0.1) is 5.69 Å². The van der Waals surface area contributed by atoms with Crippen molar-refractivity contribution in [2.45, 2.75) is 12.9 Å². The summed E-state index contributed by atoms with van der Waals surface area (Å²) in [6, 6.07) is 1.28. The highest BCUT2D eigenvalue weighted by Gasteiger charge is 2.33. The number of hydrogen-bond donors (Lipinski definition) is 2. The fraction of sp³-hybridized carbons (Fsp3) is 0.286. The van der Waals surface area contributed by atoms with Crippen molar-refractivity contribution in [3.63, 3.8) is 0 Å². The maximum Gasteiger partial charge on any atom is 0.574 e. The summed E-state index contributed by atoms with van der Waals surface area (Å²) in [6.07, 6.45) is -4.80. The molecular weight excluding hydrogens is 279 g/mol. The summed E-state index contributed by atoms with van der Waals surface area (Å²) in [6.45, 7) is -0.143. The number of alkyl halides is 3. The summed E-state index contributed by atoms with van der Waals surface area (Å²) in [4.78, 5) is 3.50. The van der Waals surface area contributed by atoms with Crippen molar-refractivity contribution in [2.24, 2.45) is 5.73 Å². The minimum absolute atomic E-state index is 0.0824. The molecule has 1 heterocycles. The molecule has 0 saturated heterocycles. The van der Waals surface area contributed by atoms with Crippen LogP contribution in [0.2, 0.25) is 0 Å². The number of aromatic nitrogens is 1. The Balaban J connectivity index is 3.11. The number of ether oxygens (including phenoxy) is 1. The van der Waals surface area contributed by atoms with Gasteiger partial charge in [-0.25, -0.2) is 4.98 Å². The minimum atomic E-state index is -4.80. The van der Waals surface area contributed by atoms with Crippen LogP contribution in [0, 0.1) is 0 Å². The molecule has 0 aliphatic rings. The van der Waals surface area contributed by atoms with Gasteiger partial charge in [-0.15, -0.1) is 13.2 Å². The summed E-state index contributed by atoms with van der Waals surface area (Å²) < 4.78 is 39.6. The zero-order chi connectivity index (χ0) is 11.6. The molecule has 0 aliphatic carbocycles. The van der Waals surface area contributed by atoms with Crippen LogP contribution in [0.3, 0.4) is 0 Å². The van der Waals surface area contributed by atoms with Crippen LogP contribution in [0.25, 0.3) is 0 Å². The number of rotatable bonds is 2. The molecule has 0 aliphatic heterocycles. The lowest BCUT2D eigenvalue weighted by Gasteiger charge is -2.12. The molecule has 8 heteroatoms. The molecule has 84 valence electrons. The Morgan fingerprint density at radius 2 is 2.07 bits per heavy atom. The zero-order valence-corrected chi connectivity index (χ0v) is 8.89. The van der Waals surface area contributed by atoms with E-state index in [4.69, 9.17) is 11.5 Å². The molecule has 4 nitrogen and oxygen atoms in total. The van der Waals surface area contributed by atoms with E-state index in [0.29, 0.717) is 0 Å². The number of nitrogen functional groups attached to an aromatic ring is 1. The Labute approximate surface area is 91.5 Å². The van der Waals surface area contributed by atoms with Gasteiger partial charge in [0.15, 0.2) is 0 Å². The lowest BCUT2D eigenvalue weighted by atomic mass is 10.2. The second-order valence-electron chi connectivity index (χ2n) is 2.58. The van der Waals surface area contributed by atoms with Crippen LogP contribution in [0.5, 0.6) is 5.88 Å². The van der Waals surface area contributed by atoms with Gasteiger partial charge in [-0.05, 0) is 22.0 Å². The summed E-state index contributed by atoms with van der Waals surface area (Å²) in [5.41, 5.74) is 10.9. The number of halogens is 4. The molecule has 0 unspecified atom stereocenters. The first-order chi connectivity index (χ1) is 6.83. The molecule has 0 amide bonds. The van der Waals surface area contributed by atoms with Crippen molar-refractivity contribution in [1.29, 1.82) is 0 Å². The molecule has 0 aromatic carbocycles. The van der Waals surface area contributed by atoms with E-state index in [2.05, 4.69) is 25.7 Å². The number of pyridine rings is 1. The van der Waals surface area contributed by atoms with Gasteiger partial charge in [-0.3, -0.25) is 0 Å². The van der Waals surface area contributed by atoms with Gasteiger partial charge < -0.3 is 16.2 Å². The van der Waals surface area contributed by atoms with Gasteiger partial charge in [0, 0.05) is 12.1 Å². The summed E-state index contributed by atoms with van der Waals surface area (Å²) in [5.74, 6) is -0.592. The van der Waals surface area contributed by atoms with E-state index in [1.807, 2.05) is 0 Å². The van der Waals surface area contributed by atoms with E-state index in [1.165, 1.54) is 6.07 Å². The lowest BCUT2D eigenvalue weighted by Crippen LogP contribution is -2.20. The van der Waals surface area contributed by atoms with Crippen LogP contribution in [-0.2, 0) is 6.54 Å². The SMILES string of the molecule is NCc1cc(N)c(Br)nc1OC(F)(F)F. The lowest BCUT2D eigenvalue weighted by molar-refractivity contribution is -0.276. The van der Waals surface area contributed by atoms with Crippen molar-refractivity contribution in [3.05, 3.63) is 16.2 Å². The van der Waals surface area contributed by atoms with Crippen LogP contribution in [0.4, 0.5) is 18.9 Å². The summed E-state index contributed by atoms with van der Waals surface area (Å²) in [5, 5.41) is 0. The molecule has 0 saturated carbocycles. The molecule has 1 aromatic heterocycles. The van der Waals surface area contributed by atoms with Gasteiger partial charge in [0.2, 0.25) is 5.88 Å². The average molecular weight is 286 g/mol. The van der Waals surface area contributed by atoms with Crippen LogP contribution in [0.15, 0.2) is 10.7 Å². The second-order valence-corrected chi connectivity index (χ2v) is 3.34. The second kappa shape index (κ2) is 4.23. The number of nitrogens with zero attached hydrogens (tertiary/aromatic N) is 1. The molecular formula is C7H7BrF3N3O. The molecule has 1 rings (SSSR count). The van der Waals surface area contributed by atoms with E-state index in [0.717, 1.165) is 0 Å². The molecule has 0 radical (unpaired) electrons. The normalized spacial score (nSPS) is 11.5. The molecule has 15 heavy (non-hydrogen) atoms. The number of hydrogen-bond acceptors (Lipinski definition) is 4. The predicted octanol–water partition coefficient (Wildman–Crippen LogP) is 1.78. The largest absolute Gasteiger partial charge is 0.574 e. The Morgan fingerprint density at radius 1 is 1.47 bits per heavy atom. The fourth-order valence-electron chi connectivity index (χ4n) is 0.879. The van der Waals surface area contributed by atoms with Gasteiger partial charge in [-0.1, -0.05) is 0 Å². The van der Waals surface area contributed by atoms with Crippen LogP contribution >= 0.6 is 15.9 Å². The Kier molecular flexibility index (Phi) is 3.40. The molecule has 0 bridgehead atoms. The van der Waals surface area contributed by atoms with E-state index in [1.54, 1.807) is 0 Å². The highest BCUT2D eigenvalue weighted by Crippen LogP contribution is 2.29. The van der Waals surface area contributed by atoms with E-state index < -0.39 is 12.2 Å². The van der Waals surface area contributed by atoms with E-state index >= 15 is 0 Å². The molecule has 0 atom stereocenters. The maximum atomic E-state index is 11.9. The average Bonchev–Trinajstić information content (AvgIpc) is 2.08. The molecule has 0 fully saturated rings. The highest BCUT2D eigenvalue weighted by atomic mass is 79.9. The summed E-state index contributed by atoms with van der Waals surface area (Å²) >= 11 is 2.89. The van der Waals surface area contributed by atoms with Crippen molar-refractivity contribution >= 4 is 21.6 Å². The Morgan fingerprint density at radius 3 is 2.53 bits per heavy atom. The monoisotopic (exact) mass is 285 g/mol. The third-order valence-electron chi connectivity index (χ3n) is 1.47. The minimum Gasteiger partial charge on any atom is -0.397 e. The standard InChI is InChI=1S/C7H7BrF3N3O/c8-5-4(13)1-3(2-12)6(14-5)15-7(9,10)11/h1H,2,12-13H2. The fourth-order valence-corrected chi connectivity index (χ4v) is 1.15. The van der Waals surface area contributed by atoms with Crippen LogP contribution in [0.1, 0.15) is 5.56 Å². The number of nitrogens with two attached hydrogens (primary N) is 2. The van der Waals surface area contributed by atoms with Crippen molar-refractivity contribution in [3.8, 4) is 5.88 Å². The van der Waals surface area contributed by atoms with Crippen LogP contribution in [-0.4, -0.2) is 11.3 Å². The first kappa shape index (κ1) is 12.1. The third kappa shape index (κ3) is 3.24.